The molecule has 2 aromatic rings. The van der Waals surface area contributed by atoms with Crippen LogP contribution in [0.4, 0.5) is 0 Å². The molecule has 0 spiro atoms. The zero-order chi connectivity index (χ0) is 15.4. The monoisotopic (exact) mass is 304 g/mol. The molecule has 1 unspecified atom stereocenters. The number of methoxy groups -OCH3 is 1. The van der Waals surface area contributed by atoms with Crippen LogP contribution in [0, 0.1) is 13.8 Å². The molecule has 0 saturated heterocycles. The summed E-state index contributed by atoms with van der Waals surface area (Å²) in [4.78, 5) is 0. The van der Waals surface area contributed by atoms with Gasteiger partial charge in [0.25, 0.3) is 0 Å². The highest BCUT2D eigenvalue weighted by Crippen LogP contribution is 2.37. The Hall–Kier alpha value is -1.67. The molecule has 0 aliphatic carbocycles. The highest BCUT2D eigenvalue weighted by atomic mass is 35.5. The average Bonchev–Trinajstić information content (AvgIpc) is 2.49. The van der Waals surface area contributed by atoms with Gasteiger partial charge in [-0.15, -0.1) is 11.6 Å². The molecule has 2 nitrogen and oxygen atoms in total. The van der Waals surface area contributed by atoms with E-state index in [9.17, 15) is 0 Å². The summed E-state index contributed by atoms with van der Waals surface area (Å²) in [7, 11) is 1.67. The number of rotatable bonds is 5. The van der Waals surface area contributed by atoms with Gasteiger partial charge in [-0.1, -0.05) is 29.8 Å². The first-order valence-corrected chi connectivity index (χ1v) is 7.52. The smallest absolute Gasteiger partial charge is 0.124 e. The molecule has 0 aliphatic rings. The number of benzene rings is 2. The molecule has 0 N–H and O–H groups in total. The van der Waals surface area contributed by atoms with Crippen molar-refractivity contribution in [3.63, 3.8) is 0 Å². The SMILES string of the molecule is CCOc1ccc(C)cc1C(Cl)c1ccc(C)c(OC)c1. The van der Waals surface area contributed by atoms with Crippen molar-refractivity contribution in [2.24, 2.45) is 0 Å². The van der Waals surface area contributed by atoms with E-state index in [0.717, 1.165) is 33.8 Å². The zero-order valence-electron chi connectivity index (χ0n) is 12.9. The van der Waals surface area contributed by atoms with Gasteiger partial charge in [-0.3, -0.25) is 0 Å². The molecule has 0 radical (unpaired) electrons. The third-order valence-corrected chi connectivity index (χ3v) is 3.95. The van der Waals surface area contributed by atoms with Crippen molar-refractivity contribution in [3.8, 4) is 11.5 Å². The predicted octanol–water partition coefficient (Wildman–Crippen LogP) is 5.04. The lowest BCUT2D eigenvalue weighted by Gasteiger charge is -2.17. The lowest BCUT2D eigenvalue weighted by atomic mass is 10.00. The molecular weight excluding hydrogens is 284 g/mol. The van der Waals surface area contributed by atoms with E-state index in [1.165, 1.54) is 0 Å². The maximum Gasteiger partial charge on any atom is 0.124 e. The first kappa shape index (κ1) is 15.7. The Morgan fingerprint density at radius 3 is 2.48 bits per heavy atom. The Morgan fingerprint density at radius 2 is 1.81 bits per heavy atom. The van der Waals surface area contributed by atoms with E-state index < -0.39 is 0 Å². The van der Waals surface area contributed by atoms with E-state index >= 15 is 0 Å². The molecule has 21 heavy (non-hydrogen) atoms. The van der Waals surface area contributed by atoms with E-state index in [2.05, 4.69) is 13.0 Å². The maximum absolute atomic E-state index is 6.69. The minimum absolute atomic E-state index is 0.263. The standard InChI is InChI=1S/C18H21ClO2/c1-5-21-16-9-6-12(2)10-15(16)18(19)14-8-7-13(3)17(11-14)20-4/h6-11,18H,5H2,1-4H3. The van der Waals surface area contributed by atoms with Gasteiger partial charge in [-0.05, 0) is 44.0 Å². The van der Waals surface area contributed by atoms with Gasteiger partial charge in [0, 0.05) is 5.56 Å². The number of halogens is 1. The molecule has 0 fully saturated rings. The van der Waals surface area contributed by atoms with Crippen LogP contribution in [-0.2, 0) is 0 Å². The number of alkyl halides is 1. The van der Waals surface area contributed by atoms with Crippen LogP contribution in [0.5, 0.6) is 11.5 Å². The van der Waals surface area contributed by atoms with Gasteiger partial charge >= 0.3 is 0 Å². The number of hydrogen-bond acceptors (Lipinski definition) is 2. The topological polar surface area (TPSA) is 18.5 Å². The zero-order valence-corrected chi connectivity index (χ0v) is 13.7. The summed E-state index contributed by atoms with van der Waals surface area (Å²) in [6.07, 6.45) is 0. The molecule has 0 aromatic heterocycles. The van der Waals surface area contributed by atoms with Crippen LogP contribution >= 0.6 is 11.6 Å². The van der Waals surface area contributed by atoms with Crippen molar-refractivity contribution in [2.75, 3.05) is 13.7 Å². The summed E-state index contributed by atoms with van der Waals surface area (Å²) in [6, 6.07) is 12.1. The average molecular weight is 305 g/mol. The molecule has 2 aromatic carbocycles. The normalized spacial score (nSPS) is 12.0. The predicted molar refractivity (Wildman–Crippen MR) is 87.8 cm³/mol. The van der Waals surface area contributed by atoms with Crippen molar-refractivity contribution in [1.29, 1.82) is 0 Å². The fraction of sp³-hybridized carbons (Fsp3) is 0.333. The molecule has 0 heterocycles. The van der Waals surface area contributed by atoms with Crippen LogP contribution < -0.4 is 9.47 Å². The second-order valence-electron chi connectivity index (χ2n) is 5.07. The van der Waals surface area contributed by atoms with E-state index in [0.29, 0.717) is 6.61 Å². The second kappa shape index (κ2) is 6.86. The summed E-state index contributed by atoms with van der Waals surface area (Å²) >= 11 is 6.69. The first-order chi connectivity index (χ1) is 10.1. The van der Waals surface area contributed by atoms with Crippen LogP contribution in [0.15, 0.2) is 36.4 Å². The Bertz CT molecular complexity index is 623. The van der Waals surface area contributed by atoms with E-state index in [4.69, 9.17) is 21.1 Å². The van der Waals surface area contributed by atoms with E-state index in [1.54, 1.807) is 7.11 Å². The molecule has 0 saturated carbocycles. The molecule has 1 atom stereocenters. The van der Waals surface area contributed by atoms with Crippen molar-refractivity contribution in [3.05, 3.63) is 58.7 Å². The highest BCUT2D eigenvalue weighted by Gasteiger charge is 2.17. The van der Waals surface area contributed by atoms with Crippen LogP contribution in [0.2, 0.25) is 0 Å². The van der Waals surface area contributed by atoms with Crippen molar-refractivity contribution in [1.82, 2.24) is 0 Å². The quantitative estimate of drug-likeness (QED) is 0.721. The number of ether oxygens (including phenoxy) is 2. The van der Waals surface area contributed by atoms with Crippen molar-refractivity contribution < 1.29 is 9.47 Å². The van der Waals surface area contributed by atoms with Crippen LogP contribution in [0.3, 0.4) is 0 Å². The molecule has 3 heteroatoms. The molecular formula is C18H21ClO2. The molecule has 0 bridgehead atoms. The lowest BCUT2D eigenvalue weighted by Crippen LogP contribution is -2.01. The highest BCUT2D eigenvalue weighted by molar-refractivity contribution is 6.22. The lowest BCUT2D eigenvalue weighted by molar-refractivity contribution is 0.336. The Kier molecular flexibility index (Phi) is 5.13. The Labute approximate surface area is 131 Å². The van der Waals surface area contributed by atoms with Gasteiger partial charge in [-0.25, -0.2) is 0 Å². The molecule has 112 valence electrons. The summed E-state index contributed by atoms with van der Waals surface area (Å²) in [6.45, 7) is 6.67. The van der Waals surface area contributed by atoms with Crippen molar-refractivity contribution in [2.45, 2.75) is 26.1 Å². The molecule has 2 rings (SSSR count). The molecule has 0 amide bonds. The Morgan fingerprint density at radius 1 is 1.05 bits per heavy atom. The van der Waals surface area contributed by atoms with Gasteiger partial charge in [-0.2, -0.15) is 0 Å². The van der Waals surface area contributed by atoms with Gasteiger partial charge < -0.3 is 9.47 Å². The maximum atomic E-state index is 6.69. The minimum atomic E-state index is -0.263. The van der Waals surface area contributed by atoms with Crippen LogP contribution in [0.1, 0.15) is 34.6 Å². The van der Waals surface area contributed by atoms with Gasteiger partial charge in [0.1, 0.15) is 11.5 Å². The van der Waals surface area contributed by atoms with Gasteiger partial charge in [0.05, 0.1) is 19.1 Å². The summed E-state index contributed by atoms with van der Waals surface area (Å²) in [5.41, 5.74) is 4.26. The van der Waals surface area contributed by atoms with Gasteiger partial charge in [0.15, 0.2) is 0 Å². The Balaban J connectivity index is 2.43. The number of hydrogen-bond donors (Lipinski definition) is 0. The molecule has 0 aliphatic heterocycles. The van der Waals surface area contributed by atoms with Gasteiger partial charge in [0.2, 0.25) is 0 Å². The first-order valence-electron chi connectivity index (χ1n) is 7.08. The summed E-state index contributed by atoms with van der Waals surface area (Å²) < 4.78 is 11.1. The summed E-state index contributed by atoms with van der Waals surface area (Å²) in [5, 5.41) is -0.263. The third-order valence-electron chi connectivity index (χ3n) is 3.46. The fourth-order valence-corrected chi connectivity index (χ4v) is 2.63. The van der Waals surface area contributed by atoms with E-state index in [1.807, 2.05) is 44.2 Å². The van der Waals surface area contributed by atoms with Crippen LogP contribution in [-0.4, -0.2) is 13.7 Å². The largest absolute Gasteiger partial charge is 0.496 e. The fourth-order valence-electron chi connectivity index (χ4n) is 2.33. The number of aryl methyl sites for hydroxylation is 2. The van der Waals surface area contributed by atoms with Crippen LogP contribution in [0.25, 0.3) is 0 Å². The third kappa shape index (κ3) is 3.51. The minimum Gasteiger partial charge on any atom is -0.496 e. The second-order valence-corrected chi connectivity index (χ2v) is 5.50. The summed E-state index contributed by atoms with van der Waals surface area (Å²) in [5.74, 6) is 1.69. The van der Waals surface area contributed by atoms with Crippen molar-refractivity contribution >= 4 is 11.6 Å². The van der Waals surface area contributed by atoms with E-state index in [-0.39, 0.29) is 5.38 Å².